The van der Waals surface area contributed by atoms with Crippen molar-refractivity contribution < 1.29 is 23.7 Å². The van der Waals surface area contributed by atoms with Crippen LogP contribution in [0.2, 0.25) is 0 Å². The van der Waals surface area contributed by atoms with Gasteiger partial charge in [0.25, 0.3) is 5.91 Å². The SMILES string of the molecule is CC(OC(=O)c1ccc([N+](=O)[O-])o1)C(=O)NC1CCCCC1. The molecule has 1 heterocycles. The van der Waals surface area contributed by atoms with Crippen molar-refractivity contribution in [3.05, 3.63) is 28.0 Å². The summed E-state index contributed by atoms with van der Waals surface area (Å²) in [6.07, 6.45) is 4.20. The summed E-state index contributed by atoms with van der Waals surface area (Å²) >= 11 is 0. The molecular weight excluding hydrogens is 292 g/mol. The van der Waals surface area contributed by atoms with Crippen molar-refractivity contribution in [2.24, 2.45) is 0 Å². The fraction of sp³-hybridized carbons (Fsp3) is 0.571. The molecule has 120 valence electrons. The molecule has 0 aromatic carbocycles. The highest BCUT2D eigenvalue weighted by Gasteiger charge is 2.25. The third-order valence-electron chi connectivity index (χ3n) is 3.58. The summed E-state index contributed by atoms with van der Waals surface area (Å²) in [5, 5.41) is 13.3. The summed E-state index contributed by atoms with van der Waals surface area (Å²) in [6.45, 7) is 1.45. The first-order valence-corrected chi connectivity index (χ1v) is 7.23. The monoisotopic (exact) mass is 310 g/mol. The van der Waals surface area contributed by atoms with Gasteiger partial charge in [-0.3, -0.25) is 14.9 Å². The lowest BCUT2D eigenvalue weighted by Crippen LogP contribution is -2.42. The molecule has 8 heteroatoms. The molecule has 1 aliphatic rings. The average molecular weight is 310 g/mol. The fourth-order valence-corrected chi connectivity index (χ4v) is 2.37. The molecule has 1 N–H and O–H groups in total. The van der Waals surface area contributed by atoms with Crippen molar-refractivity contribution in [3.8, 4) is 0 Å². The molecular formula is C14H18N2O6. The van der Waals surface area contributed by atoms with Crippen LogP contribution >= 0.6 is 0 Å². The van der Waals surface area contributed by atoms with Crippen molar-refractivity contribution in [2.75, 3.05) is 0 Å². The summed E-state index contributed by atoms with van der Waals surface area (Å²) in [5.74, 6) is -2.13. The zero-order chi connectivity index (χ0) is 16.1. The number of ether oxygens (including phenoxy) is 1. The van der Waals surface area contributed by atoms with Crippen LogP contribution in [0.1, 0.15) is 49.6 Å². The number of carbonyl (C=O) groups excluding carboxylic acids is 2. The molecule has 0 saturated heterocycles. The van der Waals surface area contributed by atoms with Gasteiger partial charge < -0.3 is 14.5 Å². The Kier molecular flexibility index (Phi) is 5.13. The number of carbonyl (C=O) groups is 2. The number of amides is 1. The van der Waals surface area contributed by atoms with E-state index in [-0.39, 0.29) is 17.7 Å². The third-order valence-corrected chi connectivity index (χ3v) is 3.58. The average Bonchev–Trinajstić information content (AvgIpc) is 2.98. The first-order chi connectivity index (χ1) is 10.5. The van der Waals surface area contributed by atoms with E-state index in [1.54, 1.807) is 0 Å². The van der Waals surface area contributed by atoms with Crippen LogP contribution in [0.25, 0.3) is 0 Å². The molecule has 0 radical (unpaired) electrons. The Morgan fingerprint density at radius 1 is 1.36 bits per heavy atom. The number of furan rings is 1. The molecule has 1 fully saturated rings. The predicted octanol–water partition coefficient (Wildman–Crippen LogP) is 2.18. The normalized spacial score (nSPS) is 16.8. The molecule has 1 amide bonds. The first kappa shape index (κ1) is 16.0. The number of hydrogen-bond donors (Lipinski definition) is 1. The topological polar surface area (TPSA) is 112 Å². The van der Waals surface area contributed by atoms with Crippen molar-refractivity contribution in [1.29, 1.82) is 0 Å². The van der Waals surface area contributed by atoms with Crippen LogP contribution in [-0.2, 0) is 9.53 Å². The number of nitrogens with zero attached hydrogens (tertiary/aromatic N) is 1. The van der Waals surface area contributed by atoms with Crippen LogP contribution in [0.5, 0.6) is 0 Å². The molecule has 0 spiro atoms. The standard InChI is InChI=1S/C14H18N2O6/c1-9(13(17)15-10-5-3-2-4-6-10)21-14(18)11-7-8-12(22-11)16(19)20/h7-10H,2-6H2,1H3,(H,15,17). The van der Waals surface area contributed by atoms with Gasteiger partial charge in [-0.1, -0.05) is 19.3 Å². The molecule has 22 heavy (non-hydrogen) atoms. The summed E-state index contributed by atoms with van der Waals surface area (Å²) in [7, 11) is 0. The number of nitrogens with one attached hydrogen (secondary N) is 1. The molecule has 8 nitrogen and oxygen atoms in total. The van der Waals surface area contributed by atoms with Gasteiger partial charge in [0.1, 0.15) is 4.92 Å². The van der Waals surface area contributed by atoms with E-state index in [4.69, 9.17) is 9.15 Å². The summed E-state index contributed by atoms with van der Waals surface area (Å²) in [6, 6.07) is 2.32. The number of nitro groups is 1. The molecule has 2 rings (SSSR count). The Bertz CT molecular complexity index is 561. The van der Waals surface area contributed by atoms with E-state index in [1.807, 2.05) is 0 Å². The van der Waals surface area contributed by atoms with E-state index >= 15 is 0 Å². The van der Waals surface area contributed by atoms with Crippen molar-refractivity contribution in [3.63, 3.8) is 0 Å². The molecule has 1 saturated carbocycles. The highest BCUT2D eigenvalue weighted by Crippen LogP contribution is 2.18. The second kappa shape index (κ2) is 7.06. The maximum Gasteiger partial charge on any atom is 0.433 e. The van der Waals surface area contributed by atoms with Gasteiger partial charge >= 0.3 is 11.9 Å². The maximum atomic E-state index is 12.0. The predicted molar refractivity (Wildman–Crippen MR) is 75.3 cm³/mol. The minimum atomic E-state index is -0.987. The Balaban J connectivity index is 1.86. The smallest absolute Gasteiger partial charge is 0.433 e. The highest BCUT2D eigenvalue weighted by molar-refractivity contribution is 5.90. The van der Waals surface area contributed by atoms with E-state index in [9.17, 15) is 19.7 Å². The van der Waals surface area contributed by atoms with Crippen LogP contribution in [0.3, 0.4) is 0 Å². The van der Waals surface area contributed by atoms with Crippen LogP contribution in [0.15, 0.2) is 16.5 Å². The minimum absolute atomic E-state index is 0.118. The number of esters is 1. The van der Waals surface area contributed by atoms with Gasteiger partial charge in [-0.2, -0.15) is 0 Å². The lowest BCUT2D eigenvalue weighted by atomic mass is 9.95. The molecule has 1 unspecified atom stereocenters. The molecule has 1 aliphatic carbocycles. The fourth-order valence-electron chi connectivity index (χ4n) is 2.37. The lowest BCUT2D eigenvalue weighted by molar-refractivity contribution is -0.402. The van der Waals surface area contributed by atoms with Crippen molar-refractivity contribution in [2.45, 2.75) is 51.2 Å². The van der Waals surface area contributed by atoms with Crippen LogP contribution < -0.4 is 5.32 Å². The van der Waals surface area contributed by atoms with Gasteiger partial charge in [-0.15, -0.1) is 0 Å². The van der Waals surface area contributed by atoms with Gasteiger partial charge in [-0.25, -0.2) is 4.79 Å². The summed E-state index contributed by atoms with van der Waals surface area (Å²) in [4.78, 5) is 33.5. The maximum absolute atomic E-state index is 12.0. The molecule has 1 aromatic rings. The zero-order valence-electron chi connectivity index (χ0n) is 12.2. The van der Waals surface area contributed by atoms with E-state index in [1.165, 1.54) is 13.3 Å². The van der Waals surface area contributed by atoms with Gasteiger partial charge in [0.15, 0.2) is 6.10 Å². The van der Waals surface area contributed by atoms with Gasteiger partial charge in [-0.05, 0) is 25.8 Å². The second-order valence-corrected chi connectivity index (χ2v) is 5.29. The Morgan fingerprint density at radius 3 is 2.64 bits per heavy atom. The number of hydrogen-bond acceptors (Lipinski definition) is 6. The van der Waals surface area contributed by atoms with Gasteiger partial charge in [0.05, 0.1) is 6.07 Å². The van der Waals surface area contributed by atoms with Crippen LogP contribution in [0, 0.1) is 10.1 Å². The lowest BCUT2D eigenvalue weighted by Gasteiger charge is -2.24. The second-order valence-electron chi connectivity index (χ2n) is 5.29. The van der Waals surface area contributed by atoms with Gasteiger partial charge in [0, 0.05) is 6.04 Å². The molecule has 0 aliphatic heterocycles. The molecule has 0 bridgehead atoms. The Hall–Kier alpha value is -2.38. The summed E-state index contributed by atoms with van der Waals surface area (Å²) < 4.78 is 9.70. The van der Waals surface area contributed by atoms with Crippen LogP contribution in [0.4, 0.5) is 5.88 Å². The first-order valence-electron chi connectivity index (χ1n) is 7.23. The molecule has 1 atom stereocenters. The van der Waals surface area contributed by atoms with Crippen LogP contribution in [-0.4, -0.2) is 28.9 Å². The Morgan fingerprint density at radius 2 is 2.05 bits per heavy atom. The molecule has 1 aromatic heterocycles. The third kappa shape index (κ3) is 4.06. The zero-order valence-corrected chi connectivity index (χ0v) is 12.2. The van der Waals surface area contributed by atoms with Crippen molar-refractivity contribution in [1.82, 2.24) is 5.32 Å². The van der Waals surface area contributed by atoms with E-state index in [0.29, 0.717) is 0 Å². The summed E-state index contributed by atoms with van der Waals surface area (Å²) in [5.41, 5.74) is 0. The van der Waals surface area contributed by atoms with E-state index < -0.39 is 22.9 Å². The Labute approximate surface area is 127 Å². The largest absolute Gasteiger partial charge is 0.447 e. The minimum Gasteiger partial charge on any atom is -0.447 e. The number of rotatable bonds is 5. The van der Waals surface area contributed by atoms with Crippen molar-refractivity contribution >= 4 is 17.8 Å². The van der Waals surface area contributed by atoms with E-state index in [2.05, 4.69) is 5.32 Å². The van der Waals surface area contributed by atoms with E-state index in [0.717, 1.165) is 37.8 Å². The quantitative estimate of drug-likeness (QED) is 0.507. The van der Waals surface area contributed by atoms with Gasteiger partial charge in [0.2, 0.25) is 5.76 Å². The highest BCUT2D eigenvalue weighted by atomic mass is 16.7.